The summed E-state index contributed by atoms with van der Waals surface area (Å²) in [5, 5.41) is 4.70. The van der Waals surface area contributed by atoms with Crippen molar-refractivity contribution in [2.75, 3.05) is 4.90 Å². The highest BCUT2D eigenvalue weighted by Crippen LogP contribution is 2.40. The van der Waals surface area contributed by atoms with Crippen molar-refractivity contribution < 1.29 is 4.42 Å². The Balaban J connectivity index is 1.32. The van der Waals surface area contributed by atoms with Crippen LogP contribution >= 0.6 is 0 Å². The van der Waals surface area contributed by atoms with Crippen molar-refractivity contribution in [2.45, 2.75) is 0 Å². The van der Waals surface area contributed by atoms with Crippen LogP contribution in [0.2, 0.25) is 0 Å². The van der Waals surface area contributed by atoms with Gasteiger partial charge in [0.05, 0.1) is 5.52 Å². The molecule has 0 aliphatic carbocycles. The number of rotatable bonds is 4. The molecule has 2 heterocycles. The molecule has 0 saturated heterocycles. The Morgan fingerprint density at radius 2 is 1.10 bits per heavy atom. The smallest absolute Gasteiger partial charge is 0.135 e. The number of para-hydroxylation sites is 4. The first-order valence-electron chi connectivity index (χ1n) is 13.2. The van der Waals surface area contributed by atoms with Crippen LogP contribution in [0, 0.1) is 0 Å². The van der Waals surface area contributed by atoms with Gasteiger partial charge in [-0.2, -0.15) is 0 Å². The van der Waals surface area contributed by atoms with Crippen LogP contribution < -0.4 is 4.90 Å². The fraction of sp³-hybridized carbons (Fsp3) is 0. The highest BCUT2D eigenvalue weighted by atomic mass is 16.3. The van der Waals surface area contributed by atoms with E-state index < -0.39 is 0 Å². The van der Waals surface area contributed by atoms with E-state index in [0.717, 1.165) is 55.6 Å². The largest absolute Gasteiger partial charge is 0.456 e. The summed E-state index contributed by atoms with van der Waals surface area (Å²) >= 11 is 0. The Hall–Kier alpha value is -5.28. The van der Waals surface area contributed by atoms with Crippen LogP contribution in [0.1, 0.15) is 0 Å². The molecular formula is C36H24N2O. The number of hydrogen-bond donors (Lipinski definition) is 1. The van der Waals surface area contributed by atoms with Crippen LogP contribution in [0.25, 0.3) is 54.9 Å². The fourth-order valence-electron chi connectivity index (χ4n) is 5.79. The Morgan fingerprint density at radius 1 is 0.462 bits per heavy atom. The van der Waals surface area contributed by atoms with Gasteiger partial charge in [-0.05, 0) is 66.2 Å². The Kier molecular flexibility index (Phi) is 4.82. The molecule has 0 unspecified atom stereocenters. The molecule has 39 heavy (non-hydrogen) atoms. The number of H-pyrrole nitrogens is 1. The third-order valence-electron chi connectivity index (χ3n) is 7.59. The van der Waals surface area contributed by atoms with Crippen molar-refractivity contribution in [1.29, 1.82) is 0 Å². The lowest BCUT2D eigenvalue weighted by Crippen LogP contribution is -2.09. The van der Waals surface area contributed by atoms with Gasteiger partial charge in [0.15, 0.2) is 0 Å². The van der Waals surface area contributed by atoms with Gasteiger partial charge in [-0.3, -0.25) is 0 Å². The van der Waals surface area contributed by atoms with Crippen molar-refractivity contribution >= 4 is 60.8 Å². The monoisotopic (exact) mass is 500 g/mol. The topological polar surface area (TPSA) is 32.2 Å². The van der Waals surface area contributed by atoms with Gasteiger partial charge in [-0.1, -0.05) is 78.9 Å². The zero-order valence-corrected chi connectivity index (χ0v) is 21.1. The quantitative estimate of drug-likeness (QED) is 0.261. The van der Waals surface area contributed by atoms with Gasteiger partial charge in [0.25, 0.3) is 0 Å². The van der Waals surface area contributed by atoms with E-state index in [0.29, 0.717) is 0 Å². The molecule has 2 aromatic heterocycles. The van der Waals surface area contributed by atoms with Gasteiger partial charge < -0.3 is 14.3 Å². The minimum Gasteiger partial charge on any atom is -0.456 e. The minimum absolute atomic E-state index is 0.885. The van der Waals surface area contributed by atoms with Crippen molar-refractivity contribution in [3.63, 3.8) is 0 Å². The molecule has 0 aliphatic heterocycles. The van der Waals surface area contributed by atoms with Crippen LogP contribution in [-0.2, 0) is 0 Å². The summed E-state index contributed by atoms with van der Waals surface area (Å²) in [4.78, 5) is 5.94. The first-order chi connectivity index (χ1) is 19.3. The number of anilines is 3. The molecule has 0 atom stereocenters. The molecule has 0 amide bonds. The Labute approximate surface area is 225 Å². The summed E-state index contributed by atoms with van der Waals surface area (Å²) in [5.41, 5.74) is 9.75. The van der Waals surface area contributed by atoms with Gasteiger partial charge in [0.1, 0.15) is 11.2 Å². The van der Waals surface area contributed by atoms with E-state index in [9.17, 15) is 0 Å². The van der Waals surface area contributed by atoms with E-state index >= 15 is 0 Å². The highest BCUT2D eigenvalue weighted by Gasteiger charge is 2.16. The van der Waals surface area contributed by atoms with Gasteiger partial charge in [0, 0.05) is 49.7 Å². The van der Waals surface area contributed by atoms with Crippen molar-refractivity contribution in [1.82, 2.24) is 4.98 Å². The van der Waals surface area contributed by atoms with E-state index in [1.807, 2.05) is 0 Å². The number of nitrogens with one attached hydrogen (secondary N) is 1. The summed E-state index contributed by atoms with van der Waals surface area (Å²) in [6.45, 7) is 0. The van der Waals surface area contributed by atoms with Crippen LogP contribution in [0.5, 0.6) is 0 Å². The number of benzene rings is 6. The van der Waals surface area contributed by atoms with Gasteiger partial charge in [-0.15, -0.1) is 0 Å². The number of fused-ring (bicyclic) bond motifs is 6. The lowest BCUT2D eigenvalue weighted by Gasteiger charge is -2.25. The molecule has 184 valence electrons. The normalized spacial score (nSPS) is 11.6. The van der Waals surface area contributed by atoms with Crippen LogP contribution in [0.4, 0.5) is 17.1 Å². The average molecular weight is 501 g/mol. The first kappa shape index (κ1) is 21.8. The highest BCUT2D eigenvalue weighted by molar-refractivity contribution is 6.13. The lowest BCUT2D eigenvalue weighted by atomic mass is 10.00. The molecule has 1 N–H and O–H groups in total. The van der Waals surface area contributed by atoms with E-state index in [4.69, 9.17) is 4.42 Å². The maximum Gasteiger partial charge on any atom is 0.135 e. The molecule has 8 aromatic rings. The fourth-order valence-corrected chi connectivity index (χ4v) is 5.79. The molecule has 0 radical (unpaired) electrons. The van der Waals surface area contributed by atoms with Crippen LogP contribution in [0.15, 0.2) is 144 Å². The Bertz CT molecular complexity index is 2080. The second-order valence-electron chi connectivity index (χ2n) is 9.90. The van der Waals surface area contributed by atoms with Crippen molar-refractivity contribution in [3.8, 4) is 11.1 Å². The van der Waals surface area contributed by atoms with Crippen molar-refractivity contribution in [3.05, 3.63) is 140 Å². The lowest BCUT2D eigenvalue weighted by molar-refractivity contribution is 0.669. The molecule has 0 bridgehead atoms. The van der Waals surface area contributed by atoms with E-state index in [1.165, 1.54) is 16.3 Å². The molecule has 0 aliphatic rings. The number of furan rings is 1. The molecule has 8 rings (SSSR count). The van der Waals surface area contributed by atoms with E-state index in [2.05, 4.69) is 149 Å². The summed E-state index contributed by atoms with van der Waals surface area (Å²) in [7, 11) is 0. The standard InChI is InChI=1S/C36H24N2O/c1-3-10-25(11-4-1)38(26-12-5-2-6-13-26)27-19-21-35-32(23-27)31-22-24(18-20-34(31)39-35)28-15-9-16-30-29-14-7-8-17-33(29)37-36(28)30/h1-23,37H. The Morgan fingerprint density at radius 3 is 1.87 bits per heavy atom. The molecule has 0 saturated carbocycles. The second-order valence-corrected chi connectivity index (χ2v) is 9.90. The molecule has 3 nitrogen and oxygen atoms in total. The summed E-state index contributed by atoms with van der Waals surface area (Å²) in [5.74, 6) is 0. The molecule has 0 spiro atoms. The third kappa shape index (κ3) is 3.52. The van der Waals surface area contributed by atoms with E-state index in [-0.39, 0.29) is 0 Å². The number of hydrogen-bond acceptors (Lipinski definition) is 2. The molecule has 6 aromatic carbocycles. The molecule has 0 fully saturated rings. The SMILES string of the molecule is c1ccc(N(c2ccccc2)c2ccc3oc4ccc(-c5cccc6c5[nH]c5ccccc56)cc4c3c2)cc1. The molecule has 3 heteroatoms. The third-order valence-corrected chi connectivity index (χ3v) is 7.59. The summed E-state index contributed by atoms with van der Waals surface area (Å²) in [6, 6.07) is 49.0. The second kappa shape index (κ2) is 8.64. The molecular weight excluding hydrogens is 476 g/mol. The number of aromatic amines is 1. The summed E-state index contributed by atoms with van der Waals surface area (Å²) < 4.78 is 6.30. The zero-order chi connectivity index (χ0) is 25.8. The maximum absolute atomic E-state index is 6.30. The van der Waals surface area contributed by atoms with Crippen LogP contribution in [0.3, 0.4) is 0 Å². The van der Waals surface area contributed by atoms with Gasteiger partial charge in [-0.25, -0.2) is 0 Å². The number of aromatic nitrogens is 1. The first-order valence-corrected chi connectivity index (χ1v) is 13.2. The minimum atomic E-state index is 0.885. The predicted molar refractivity (Wildman–Crippen MR) is 163 cm³/mol. The average Bonchev–Trinajstić information content (AvgIpc) is 3.56. The van der Waals surface area contributed by atoms with E-state index in [1.54, 1.807) is 0 Å². The van der Waals surface area contributed by atoms with Gasteiger partial charge in [0.2, 0.25) is 0 Å². The maximum atomic E-state index is 6.30. The van der Waals surface area contributed by atoms with Gasteiger partial charge >= 0.3 is 0 Å². The summed E-state index contributed by atoms with van der Waals surface area (Å²) in [6.07, 6.45) is 0. The number of nitrogens with zero attached hydrogens (tertiary/aromatic N) is 1. The zero-order valence-electron chi connectivity index (χ0n) is 21.1. The predicted octanol–water partition coefficient (Wildman–Crippen LogP) is 10.4. The van der Waals surface area contributed by atoms with Crippen molar-refractivity contribution in [2.24, 2.45) is 0 Å². The van der Waals surface area contributed by atoms with Crippen LogP contribution in [-0.4, -0.2) is 4.98 Å².